The van der Waals surface area contributed by atoms with Gasteiger partial charge in [-0.15, -0.1) is 0 Å². The van der Waals surface area contributed by atoms with E-state index in [2.05, 4.69) is 41.0 Å². The van der Waals surface area contributed by atoms with Gasteiger partial charge in [0.15, 0.2) is 17.0 Å². The van der Waals surface area contributed by atoms with Gasteiger partial charge in [0.2, 0.25) is 11.2 Å². The number of rotatable bonds is 8. The van der Waals surface area contributed by atoms with Crippen LogP contribution < -0.4 is 5.32 Å². The Bertz CT molecular complexity index is 794. The van der Waals surface area contributed by atoms with Gasteiger partial charge in [-0.05, 0) is 36.8 Å². The third-order valence-corrected chi connectivity index (χ3v) is 5.33. The number of hydrogen-bond acceptors (Lipinski definition) is 5. The molecule has 0 aliphatic carbocycles. The number of imidazole rings is 1. The molecule has 8 heteroatoms. The van der Waals surface area contributed by atoms with Crippen molar-refractivity contribution in [3.63, 3.8) is 0 Å². The van der Waals surface area contributed by atoms with Crippen molar-refractivity contribution < 1.29 is 9.53 Å². The number of carbonyl (C=O) groups is 1. The molecule has 2 aromatic rings. The van der Waals surface area contributed by atoms with E-state index in [4.69, 9.17) is 16.3 Å². The van der Waals surface area contributed by atoms with Gasteiger partial charge in [-0.2, -0.15) is 9.97 Å². The molecule has 1 aliphatic heterocycles. The largest absolute Gasteiger partial charge is 0.354 e. The molecule has 1 amide bonds. The zero-order valence-electron chi connectivity index (χ0n) is 16.2. The minimum atomic E-state index is -0.126. The summed E-state index contributed by atoms with van der Waals surface area (Å²) in [7, 11) is 0. The van der Waals surface area contributed by atoms with Crippen molar-refractivity contribution in [3.8, 4) is 0 Å². The van der Waals surface area contributed by atoms with Gasteiger partial charge in [-0.3, -0.25) is 9.36 Å². The molecule has 148 valence electrons. The number of carbonyl (C=O) groups excluding carboxylic acids is 1. The second kappa shape index (κ2) is 8.97. The van der Waals surface area contributed by atoms with Crippen LogP contribution in [-0.2, 0) is 9.53 Å². The number of unbranched alkanes of at least 4 members (excludes halogenated alkanes) is 3. The zero-order chi connectivity index (χ0) is 19.4. The number of ether oxygens (including phenoxy) is 1. The van der Waals surface area contributed by atoms with Gasteiger partial charge < -0.3 is 10.1 Å². The van der Waals surface area contributed by atoms with Gasteiger partial charge in [0.05, 0.1) is 12.4 Å². The summed E-state index contributed by atoms with van der Waals surface area (Å²) in [6, 6.07) is 0. The molecule has 0 saturated carbocycles. The highest BCUT2D eigenvalue weighted by molar-refractivity contribution is 6.28. The molecule has 27 heavy (non-hydrogen) atoms. The van der Waals surface area contributed by atoms with Crippen molar-refractivity contribution in [1.29, 1.82) is 0 Å². The first-order valence-electron chi connectivity index (χ1n) is 9.88. The molecule has 1 N–H and O–H groups in total. The lowest BCUT2D eigenvalue weighted by atomic mass is 10.0. The van der Waals surface area contributed by atoms with Crippen molar-refractivity contribution in [2.75, 3.05) is 5.32 Å². The number of hydrogen-bond donors (Lipinski definition) is 1. The zero-order valence-corrected chi connectivity index (χ0v) is 17.0. The van der Waals surface area contributed by atoms with E-state index in [9.17, 15) is 4.79 Å². The Hall–Kier alpha value is -1.73. The standard InChI is InChI=1S/C19H28ClN5O2/c1-4-6-7-8-9-14(26)22-17-16-18(24-19(20)23-17)25(11-21-16)15-10-12(3)13(5-2)27-15/h11-13,15H,4-10H2,1-3H3,(H,22,23,24,26)/t12-,13-,15-/m1/s1. The van der Waals surface area contributed by atoms with Crippen LogP contribution in [0.3, 0.4) is 0 Å². The highest BCUT2D eigenvalue weighted by atomic mass is 35.5. The average Bonchev–Trinajstić information content (AvgIpc) is 3.21. The second-order valence-electron chi connectivity index (χ2n) is 7.27. The normalized spacial score (nSPS) is 22.4. The van der Waals surface area contributed by atoms with Gasteiger partial charge in [0.1, 0.15) is 6.23 Å². The fourth-order valence-electron chi connectivity index (χ4n) is 3.63. The van der Waals surface area contributed by atoms with Crippen molar-refractivity contribution in [2.24, 2.45) is 5.92 Å². The number of fused-ring (bicyclic) bond motifs is 1. The number of nitrogens with zero attached hydrogens (tertiary/aromatic N) is 4. The molecule has 3 rings (SSSR count). The van der Waals surface area contributed by atoms with Crippen molar-refractivity contribution in [1.82, 2.24) is 19.5 Å². The molecule has 1 aliphatic rings. The maximum atomic E-state index is 12.2. The summed E-state index contributed by atoms with van der Waals surface area (Å²) >= 11 is 6.12. The fourth-order valence-corrected chi connectivity index (χ4v) is 3.80. The molecule has 0 radical (unpaired) electrons. The highest BCUT2D eigenvalue weighted by Gasteiger charge is 2.33. The first-order chi connectivity index (χ1) is 13.0. The van der Waals surface area contributed by atoms with Gasteiger partial charge >= 0.3 is 0 Å². The minimum Gasteiger partial charge on any atom is -0.354 e. The average molecular weight is 394 g/mol. The Balaban J connectivity index is 1.78. The Morgan fingerprint density at radius 1 is 1.33 bits per heavy atom. The van der Waals surface area contributed by atoms with E-state index in [1.807, 2.05) is 4.57 Å². The van der Waals surface area contributed by atoms with Crippen LogP contribution in [0.4, 0.5) is 5.82 Å². The highest BCUT2D eigenvalue weighted by Crippen LogP contribution is 2.36. The Labute approximate surface area is 164 Å². The topological polar surface area (TPSA) is 81.9 Å². The molecular formula is C19H28ClN5O2. The van der Waals surface area contributed by atoms with E-state index in [0.717, 1.165) is 38.5 Å². The van der Waals surface area contributed by atoms with Crippen molar-refractivity contribution in [3.05, 3.63) is 11.6 Å². The molecule has 1 saturated heterocycles. The first kappa shape index (κ1) is 20.0. The van der Waals surface area contributed by atoms with E-state index < -0.39 is 0 Å². The summed E-state index contributed by atoms with van der Waals surface area (Å²) in [5.74, 6) is 0.757. The fraction of sp³-hybridized carbons (Fsp3) is 0.684. The molecule has 2 aromatic heterocycles. The van der Waals surface area contributed by atoms with Crippen LogP contribution in [0.1, 0.15) is 71.9 Å². The van der Waals surface area contributed by atoms with Gasteiger partial charge in [0, 0.05) is 6.42 Å². The summed E-state index contributed by atoms with van der Waals surface area (Å²) in [4.78, 5) is 25.2. The SMILES string of the molecule is CCCCCCC(=O)Nc1nc(Cl)nc2c1ncn2[C@H]1C[C@@H](C)[C@@H](CC)O1. The maximum Gasteiger partial charge on any atom is 0.226 e. The van der Waals surface area contributed by atoms with Crippen LogP contribution in [0, 0.1) is 5.92 Å². The Kier molecular flexibility index (Phi) is 6.65. The quantitative estimate of drug-likeness (QED) is 0.518. The van der Waals surface area contributed by atoms with Crippen LogP contribution >= 0.6 is 11.6 Å². The van der Waals surface area contributed by atoms with E-state index in [-0.39, 0.29) is 23.5 Å². The summed E-state index contributed by atoms with van der Waals surface area (Å²) in [6.45, 7) is 6.47. The van der Waals surface area contributed by atoms with E-state index in [1.54, 1.807) is 6.33 Å². The maximum absolute atomic E-state index is 12.2. The lowest BCUT2D eigenvalue weighted by Gasteiger charge is -2.14. The monoisotopic (exact) mass is 393 g/mol. The molecule has 0 spiro atoms. The van der Waals surface area contributed by atoms with Crippen molar-refractivity contribution >= 4 is 34.5 Å². The smallest absolute Gasteiger partial charge is 0.226 e. The minimum absolute atomic E-state index is 0.0755. The number of halogens is 1. The van der Waals surface area contributed by atoms with Crippen LogP contribution in [0.2, 0.25) is 5.28 Å². The van der Waals surface area contributed by atoms with Crippen LogP contribution in [0.5, 0.6) is 0 Å². The molecule has 0 aromatic carbocycles. The number of anilines is 1. The Morgan fingerprint density at radius 2 is 2.15 bits per heavy atom. The van der Waals surface area contributed by atoms with Crippen LogP contribution in [0.25, 0.3) is 11.2 Å². The number of aromatic nitrogens is 4. The second-order valence-corrected chi connectivity index (χ2v) is 7.61. The van der Waals surface area contributed by atoms with E-state index in [1.165, 1.54) is 0 Å². The molecule has 7 nitrogen and oxygen atoms in total. The lowest BCUT2D eigenvalue weighted by Crippen LogP contribution is -2.14. The predicted octanol–water partition coefficient (Wildman–Crippen LogP) is 4.72. The number of nitrogens with one attached hydrogen (secondary N) is 1. The summed E-state index contributed by atoms with van der Waals surface area (Å²) in [5.41, 5.74) is 1.13. The van der Waals surface area contributed by atoms with E-state index >= 15 is 0 Å². The predicted molar refractivity (Wildman–Crippen MR) is 106 cm³/mol. The van der Waals surface area contributed by atoms with Gasteiger partial charge in [0.25, 0.3) is 0 Å². The van der Waals surface area contributed by atoms with Crippen molar-refractivity contribution in [2.45, 2.75) is 78.0 Å². The molecule has 0 unspecified atom stereocenters. The molecular weight excluding hydrogens is 366 g/mol. The third kappa shape index (κ3) is 4.58. The summed E-state index contributed by atoms with van der Waals surface area (Å²) in [6.07, 6.45) is 8.32. The Morgan fingerprint density at radius 3 is 2.85 bits per heavy atom. The molecule has 0 bridgehead atoms. The summed E-state index contributed by atoms with van der Waals surface area (Å²) in [5, 5.41) is 2.93. The van der Waals surface area contributed by atoms with E-state index in [0.29, 0.717) is 29.3 Å². The first-order valence-corrected chi connectivity index (χ1v) is 10.3. The van der Waals surface area contributed by atoms with Crippen LogP contribution in [-0.4, -0.2) is 31.5 Å². The number of amides is 1. The molecule has 3 heterocycles. The van der Waals surface area contributed by atoms with Gasteiger partial charge in [-0.1, -0.05) is 40.0 Å². The lowest BCUT2D eigenvalue weighted by molar-refractivity contribution is -0.116. The third-order valence-electron chi connectivity index (χ3n) is 5.16. The van der Waals surface area contributed by atoms with Crippen LogP contribution in [0.15, 0.2) is 6.33 Å². The summed E-state index contributed by atoms with van der Waals surface area (Å²) < 4.78 is 8.04. The molecule has 3 atom stereocenters. The van der Waals surface area contributed by atoms with Gasteiger partial charge in [-0.25, -0.2) is 4.98 Å². The molecule has 1 fully saturated rings.